The number of methoxy groups -OCH3 is 1. The molecule has 0 aliphatic heterocycles. The second kappa shape index (κ2) is 7.59. The number of halogens is 1. The quantitative estimate of drug-likeness (QED) is 0.669. The zero-order valence-corrected chi connectivity index (χ0v) is 13.1. The fourth-order valence-corrected chi connectivity index (χ4v) is 1.59. The third kappa shape index (κ3) is 6.39. The maximum Gasteiger partial charge on any atom is 0.331 e. The van der Waals surface area contributed by atoms with Crippen LogP contribution in [0.15, 0.2) is 24.3 Å². The van der Waals surface area contributed by atoms with Crippen molar-refractivity contribution in [1.29, 1.82) is 0 Å². The van der Waals surface area contributed by atoms with E-state index in [-0.39, 0.29) is 23.8 Å². The van der Waals surface area contributed by atoms with Crippen molar-refractivity contribution in [2.45, 2.75) is 26.3 Å². The Morgan fingerprint density at radius 2 is 2.00 bits per heavy atom. The number of hydrogen-bond acceptors (Lipinski definition) is 4. The first-order chi connectivity index (χ1) is 10.2. The first-order valence-electron chi connectivity index (χ1n) is 6.70. The smallest absolute Gasteiger partial charge is 0.331 e. The Morgan fingerprint density at radius 3 is 2.55 bits per heavy atom. The fraction of sp³-hybridized carbons (Fsp3) is 0.375. The highest BCUT2D eigenvalue weighted by Gasteiger charge is 2.14. The number of esters is 1. The predicted molar refractivity (Wildman–Crippen MR) is 80.8 cm³/mol. The highest BCUT2D eigenvalue weighted by Crippen LogP contribution is 2.18. The largest absolute Gasteiger partial charge is 0.494 e. The normalized spacial score (nSPS) is 11.3. The van der Waals surface area contributed by atoms with Crippen LogP contribution in [0, 0.1) is 5.82 Å². The molecule has 0 unspecified atom stereocenters. The molecule has 0 bridgehead atoms. The van der Waals surface area contributed by atoms with E-state index in [9.17, 15) is 14.0 Å². The molecule has 5 nitrogen and oxygen atoms in total. The molecule has 0 fully saturated rings. The monoisotopic (exact) mass is 309 g/mol. The summed E-state index contributed by atoms with van der Waals surface area (Å²) in [4.78, 5) is 23.0. The second-order valence-electron chi connectivity index (χ2n) is 5.63. The molecular weight excluding hydrogens is 289 g/mol. The summed E-state index contributed by atoms with van der Waals surface area (Å²) < 4.78 is 23.0. The Morgan fingerprint density at radius 1 is 1.32 bits per heavy atom. The van der Waals surface area contributed by atoms with Gasteiger partial charge < -0.3 is 14.8 Å². The number of nitrogens with one attached hydrogen (secondary N) is 1. The SMILES string of the molecule is COc1ccc(/C=C/C(=O)OCC(=O)NC(C)(C)C)cc1F. The molecule has 0 aliphatic rings. The van der Waals surface area contributed by atoms with Crippen LogP contribution in [-0.2, 0) is 14.3 Å². The van der Waals surface area contributed by atoms with E-state index in [2.05, 4.69) is 5.32 Å². The summed E-state index contributed by atoms with van der Waals surface area (Å²) in [5, 5.41) is 2.66. The van der Waals surface area contributed by atoms with Crippen molar-refractivity contribution in [2.24, 2.45) is 0 Å². The van der Waals surface area contributed by atoms with Crippen LogP contribution in [-0.4, -0.2) is 31.1 Å². The first kappa shape index (κ1) is 17.7. The zero-order chi connectivity index (χ0) is 16.8. The Balaban J connectivity index is 2.51. The van der Waals surface area contributed by atoms with Gasteiger partial charge in [-0.3, -0.25) is 4.79 Å². The van der Waals surface area contributed by atoms with E-state index < -0.39 is 11.8 Å². The van der Waals surface area contributed by atoms with Crippen molar-refractivity contribution >= 4 is 18.0 Å². The van der Waals surface area contributed by atoms with Gasteiger partial charge in [-0.15, -0.1) is 0 Å². The van der Waals surface area contributed by atoms with E-state index in [1.165, 1.54) is 25.3 Å². The molecule has 0 heterocycles. The lowest BCUT2D eigenvalue weighted by Gasteiger charge is -2.20. The topological polar surface area (TPSA) is 64.6 Å². The van der Waals surface area contributed by atoms with Gasteiger partial charge in [0.1, 0.15) is 0 Å². The molecule has 1 N–H and O–H groups in total. The summed E-state index contributed by atoms with van der Waals surface area (Å²) in [5.74, 6) is -1.47. The van der Waals surface area contributed by atoms with Crippen LogP contribution >= 0.6 is 0 Å². The van der Waals surface area contributed by atoms with Crippen LogP contribution in [0.4, 0.5) is 4.39 Å². The molecule has 0 radical (unpaired) electrons. The van der Waals surface area contributed by atoms with Crippen molar-refractivity contribution in [3.63, 3.8) is 0 Å². The summed E-state index contributed by atoms with van der Waals surface area (Å²) in [6.07, 6.45) is 2.53. The van der Waals surface area contributed by atoms with E-state index in [0.29, 0.717) is 5.56 Å². The minimum Gasteiger partial charge on any atom is -0.494 e. The summed E-state index contributed by atoms with van der Waals surface area (Å²) in [7, 11) is 1.37. The van der Waals surface area contributed by atoms with E-state index in [0.717, 1.165) is 6.08 Å². The number of amides is 1. The summed E-state index contributed by atoms with van der Waals surface area (Å²) in [6, 6.07) is 4.28. The van der Waals surface area contributed by atoms with Crippen LogP contribution in [0.5, 0.6) is 5.75 Å². The standard InChI is InChI=1S/C16H20FNO4/c1-16(2,3)18-14(19)10-22-15(20)8-6-11-5-7-13(21-4)12(17)9-11/h5-9H,10H2,1-4H3,(H,18,19)/b8-6+. The van der Waals surface area contributed by atoms with Gasteiger partial charge >= 0.3 is 5.97 Å². The highest BCUT2D eigenvalue weighted by molar-refractivity contribution is 5.89. The van der Waals surface area contributed by atoms with Crippen LogP contribution in [0.25, 0.3) is 6.08 Å². The van der Waals surface area contributed by atoms with Gasteiger partial charge in [0, 0.05) is 11.6 Å². The van der Waals surface area contributed by atoms with Gasteiger partial charge in [-0.05, 0) is 44.5 Å². The molecule has 6 heteroatoms. The van der Waals surface area contributed by atoms with Crippen LogP contribution in [0.2, 0.25) is 0 Å². The molecule has 1 rings (SSSR count). The highest BCUT2D eigenvalue weighted by atomic mass is 19.1. The molecule has 120 valence electrons. The van der Waals surface area contributed by atoms with Crippen molar-refractivity contribution in [2.75, 3.05) is 13.7 Å². The van der Waals surface area contributed by atoms with Gasteiger partial charge in [0.05, 0.1) is 7.11 Å². The lowest BCUT2D eigenvalue weighted by atomic mass is 10.1. The van der Waals surface area contributed by atoms with Crippen LogP contribution < -0.4 is 10.1 Å². The Labute approximate surface area is 129 Å². The molecule has 0 saturated carbocycles. The maximum atomic E-state index is 13.5. The molecule has 22 heavy (non-hydrogen) atoms. The molecule has 0 aromatic heterocycles. The Bertz CT molecular complexity index is 576. The van der Waals surface area contributed by atoms with Crippen molar-refractivity contribution in [1.82, 2.24) is 5.32 Å². The van der Waals surface area contributed by atoms with Gasteiger partial charge in [-0.1, -0.05) is 6.07 Å². The lowest BCUT2D eigenvalue weighted by molar-refractivity contribution is -0.144. The Kier molecular flexibility index (Phi) is 6.10. The van der Waals surface area contributed by atoms with E-state index in [1.807, 2.05) is 20.8 Å². The van der Waals surface area contributed by atoms with Crippen LogP contribution in [0.1, 0.15) is 26.3 Å². The molecule has 1 aromatic carbocycles. The minimum atomic E-state index is -0.680. The molecular formula is C16H20FNO4. The zero-order valence-electron chi connectivity index (χ0n) is 13.1. The molecule has 0 atom stereocenters. The van der Waals surface area contributed by atoms with Gasteiger partial charge in [-0.25, -0.2) is 9.18 Å². The number of carbonyl (C=O) groups is 2. The summed E-state index contributed by atoms with van der Waals surface area (Å²) in [6.45, 7) is 5.11. The van der Waals surface area contributed by atoms with Crippen molar-refractivity contribution in [3.05, 3.63) is 35.7 Å². The minimum absolute atomic E-state index is 0.124. The van der Waals surface area contributed by atoms with Crippen molar-refractivity contribution in [3.8, 4) is 5.75 Å². The molecule has 0 spiro atoms. The third-order valence-electron chi connectivity index (χ3n) is 2.45. The third-order valence-corrected chi connectivity index (χ3v) is 2.45. The first-order valence-corrected chi connectivity index (χ1v) is 6.70. The van der Waals surface area contributed by atoms with Crippen LogP contribution in [0.3, 0.4) is 0 Å². The molecule has 1 amide bonds. The number of ether oxygens (including phenoxy) is 2. The predicted octanol–water partition coefficient (Wildman–Crippen LogP) is 2.31. The molecule has 0 aliphatic carbocycles. The summed E-state index contributed by atoms with van der Waals surface area (Å²) >= 11 is 0. The van der Waals surface area contributed by atoms with Gasteiger partial charge in [0.15, 0.2) is 18.2 Å². The number of hydrogen-bond donors (Lipinski definition) is 1. The average molecular weight is 309 g/mol. The van der Waals surface area contributed by atoms with E-state index in [1.54, 1.807) is 6.07 Å². The second-order valence-corrected chi connectivity index (χ2v) is 5.63. The lowest BCUT2D eigenvalue weighted by Crippen LogP contribution is -2.42. The maximum absolute atomic E-state index is 13.5. The van der Waals surface area contributed by atoms with Gasteiger partial charge in [0.25, 0.3) is 5.91 Å². The summed E-state index contributed by atoms with van der Waals surface area (Å²) in [5.41, 5.74) is 0.0920. The van der Waals surface area contributed by atoms with Gasteiger partial charge in [0.2, 0.25) is 0 Å². The fourth-order valence-electron chi connectivity index (χ4n) is 1.59. The van der Waals surface area contributed by atoms with E-state index in [4.69, 9.17) is 9.47 Å². The Hall–Kier alpha value is -2.37. The van der Waals surface area contributed by atoms with Gasteiger partial charge in [-0.2, -0.15) is 0 Å². The number of rotatable bonds is 5. The number of carbonyl (C=O) groups excluding carboxylic acids is 2. The molecule has 0 saturated heterocycles. The van der Waals surface area contributed by atoms with E-state index >= 15 is 0 Å². The number of benzene rings is 1. The van der Waals surface area contributed by atoms with Crippen molar-refractivity contribution < 1.29 is 23.5 Å². The average Bonchev–Trinajstić information content (AvgIpc) is 2.41. The molecule has 1 aromatic rings.